The average molecular weight is 541 g/mol. The maximum atomic E-state index is 14.2. The molecule has 10 heteroatoms. The third-order valence-electron chi connectivity index (χ3n) is 6.72. The molecule has 0 bridgehead atoms. The van der Waals surface area contributed by atoms with E-state index in [9.17, 15) is 9.18 Å². The summed E-state index contributed by atoms with van der Waals surface area (Å²) in [5.41, 5.74) is 7.22. The molecule has 5 aromatic heterocycles. The average Bonchev–Trinajstić information content (AvgIpc) is 3.61. The van der Waals surface area contributed by atoms with E-state index in [0.29, 0.717) is 45.2 Å². The minimum atomic E-state index is -0.329. The van der Waals surface area contributed by atoms with Crippen molar-refractivity contribution < 1.29 is 9.18 Å². The molecule has 0 saturated heterocycles. The largest absolute Gasteiger partial charge is 0.336 e. The van der Waals surface area contributed by atoms with Gasteiger partial charge >= 0.3 is 0 Å². The summed E-state index contributed by atoms with van der Waals surface area (Å²) in [5.74, 6) is -0.0263. The van der Waals surface area contributed by atoms with Crippen molar-refractivity contribution in [2.75, 3.05) is 5.32 Å². The second-order valence-electron chi connectivity index (χ2n) is 9.63. The Kier molecular flexibility index (Phi) is 5.78. The van der Waals surface area contributed by atoms with Gasteiger partial charge in [-0.3, -0.25) is 19.9 Å². The fourth-order valence-electron chi connectivity index (χ4n) is 4.83. The van der Waals surface area contributed by atoms with Gasteiger partial charge in [0, 0.05) is 40.8 Å². The van der Waals surface area contributed by atoms with Crippen LogP contribution in [-0.4, -0.2) is 41.0 Å². The molecule has 0 atom stereocenters. The topological polar surface area (TPSA) is 125 Å². The number of rotatable bonds is 5. The van der Waals surface area contributed by atoms with Gasteiger partial charge in [0.25, 0.3) is 5.91 Å². The molecule has 7 rings (SSSR count). The van der Waals surface area contributed by atoms with E-state index in [-0.39, 0.29) is 11.7 Å². The highest BCUT2D eigenvalue weighted by Crippen LogP contribution is 2.32. The van der Waals surface area contributed by atoms with Gasteiger partial charge in [0.1, 0.15) is 17.0 Å². The lowest BCUT2D eigenvalue weighted by atomic mass is 10.1. The SMILES string of the molecule is Cc1cc(F)cc(-c2nccc3[nH]c(-c4n[nH]c5ncc(-c6cncc(NC(=O)c7ccccc7)c6)cc45)nc23)c1. The highest BCUT2D eigenvalue weighted by atomic mass is 19.1. The molecule has 0 aliphatic carbocycles. The number of nitrogens with zero attached hydrogens (tertiary/aromatic N) is 5. The van der Waals surface area contributed by atoms with Crippen molar-refractivity contribution in [2.45, 2.75) is 6.92 Å². The van der Waals surface area contributed by atoms with Crippen molar-refractivity contribution >= 4 is 33.7 Å². The quantitative estimate of drug-likeness (QED) is 0.234. The van der Waals surface area contributed by atoms with Gasteiger partial charge < -0.3 is 10.3 Å². The van der Waals surface area contributed by atoms with Gasteiger partial charge in [-0.15, -0.1) is 0 Å². The summed E-state index contributed by atoms with van der Waals surface area (Å²) in [6.45, 7) is 1.84. The lowest BCUT2D eigenvalue weighted by Gasteiger charge is -2.07. The Bertz CT molecular complexity index is 2060. The highest BCUT2D eigenvalue weighted by molar-refractivity contribution is 6.04. The fraction of sp³-hybridized carbons (Fsp3) is 0.0323. The number of nitrogens with one attached hydrogen (secondary N) is 3. The van der Waals surface area contributed by atoms with Crippen molar-refractivity contribution in [3.8, 4) is 33.9 Å². The molecule has 0 saturated carbocycles. The van der Waals surface area contributed by atoms with Crippen LogP contribution in [0.2, 0.25) is 0 Å². The lowest BCUT2D eigenvalue weighted by Crippen LogP contribution is -2.11. The minimum absolute atomic E-state index is 0.220. The van der Waals surface area contributed by atoms with E-state index in [0.717, 1.165) is 27.6 Å². The van der Waals surface area contributed by atoms with Crippen molar-refractivity contribution in [3.05, 3.63) is 108 Å². The standard InChI is InChI=1S/C31H21FN8O/c1-17-9-19(11-22(32)10-17)26-28-25(7-8-34-26)37-30(38-28)27-24-13-21(15-35-29(24)40-39-27)20-12-23(16-33-14-20)36-31(41)18-5-3-2-4-6-18/h2-16H,1H3,(H,36,41)(H,37,38)(H,35,39,40). The number of carbonyl (C=O) groups excluding carboxylic acids is 1. The molecule has 198 valence electrons. The zero-order valence-corrected chi connectivity index (χ0v) is 21.7. The van der Waals surface area contributed by atoms with E-state index in [1.807, 2.05) is 49.4 Å². The molecule has 2 aromatic carbocycles. The predicted molar refractivity (Wildman–Crippen MR) is 155 cm³/mol. The zero-order valence-electron chi connectivity index (χ0n) is 21.7. The van der Waals surface area contributed by atoms with Crippen molar-refractivity contribution in [2.24, 2.45) is 0 Å². The normalized spacial score (nSPS) is 11.3. The predicted octanol–water partition coefficient (Wildman–Crippen LogP) is 6.33. The Balaban J connectivity index is 1.25. The van der Waals surface area contributed by atoms with Gasteiger partial charge in [-0.25, -0.2) is 14.4 Å². The first-order valence-corrected chi connectivity index (χ1v) is 12.8. The van der Waals surface area contributed by atoms with Crippen LogP contribution in [0.3, 0.4) is 0 Å². The second-order valence-corrected chi connectivity index (χ2v) is 9.63. The number of fused-ring (bicyclic) bond motifs is 2. The van der Waals surface area contributed by atoms with Gasteiger partial charge in [-0.05, 0) is 61.0 Å². The van der Waals surface area contributed by atoms with Crippen LogP contribution in [0.5, 0.6) is 0 Å². The molecule has 41 heavy (non-hydrogen) atoms. The van der Waals surface area contributed by atoms with E-state index < -0.39 is 0 Å². The Morgan fingerprint density at radius 2 is 1.73 bits per heavy atom. The first-order valence-electron chi connectivity index (χ1n) is 12.8. The molecule has 0 unspecified atom stereocenters. The molecule has 0 radical (unpaired) electrons. The van der Waals surface area contributed by atoms with Crippen LogP contribution in [0.4, 0.5) is 10.1 Å². The van der Waals surface area contributed by atoms with Crippen molar-refractivity contribution in [1.29, 1.82) is 0 Å². The van der Waals surface area contributed by atoms with Gasteiger partial charge in [0.2, 0.25) is 0 Å². The zero-order chi connectivity index (χ0) is 27.9. The van der Waals surface area contributed by atoms with Gasteiger partial charge in [0.05, 0.1) is 28.5 Å². The van der Waals surface area contributed by atoms with E-state index in [4.69, 9.17) is 4.98 Å². The molecular formula is C31H21FN8O. The number of aryl methyl sites for hydroxylation is 1. The van der Waals surface area contributed by atoms with Crippen LogP contribution < -0.4 is 5.32 Å². The summed E-state index contributed by atoms with van der Waals surface area (Å²) in [5, 5.41) is 11.1. The van der Waals surface area contributed by atoms with Crippen LogP contribution in [-0.2, 0) is 0 Å². The number of H-pyrrole nitrogens is 2. The monoisotopic (exact) mass is 540 g/mol. The van der Waals surface area contributed by atoms with Gasteiger partial charge in [-0.2, -0.15) is 5.10 Å². The molecule has 3 N–H and O–H groups in total. The summed E-state index contributed by atoms with van der Waals surface area (Å²) in [6, 6.07) is 19.4. The van der Waals surface area contributed by atoms with E-state index in [2.05, 4.69) is 35.5 Å². The van der Waals surface area contributed by atoms with Crippen molar-refractivity contribution in [1.82, 2.24) is 35.1 Å². The smallest absolute Gasteiger partial charge is 0.255 e. The van der Waals surface area contributed by atoms with Crippen LogP contribution in [0.15, 0.2) is 91.5 Å². The van der Waals surface area contributed by atoms with Gasteiger partial charge in [0.15, 0.2) is 11.5 Å². The summed E-state index contributed by atoms with van der Waals surface area (Å²) in [4.78, 5) is 34.1. The molecule has 1 amide bonds. The summed E-state index contributed by atoms with van der Waals surface area (Å²) >= 11 is 0. The highest BCUT2D eigenvalue weighted by Gasteiger charge is 2.18. The minimum Gasteiger partial charge on any atom is -0.336 e. The lowest BCUT2D eigenvalue weighted by molar-refractivity contribution is 0.102. The number of aromatic amines is 2. The van der Waals surface area contributed by atoms with E-state index in [1.54, 1.807) is 36.9 Å². The number of imidazole rings is 1. The molecule has 5 heterocycles. The number of carbonyl (C=O) groups is 1. The Labute approximate surface area is 232 Å². The molecule has 7 aromatic rings. The molecule has 0 aliphatic rings. The number of aromatic nitrogens is 7. The van der Waals surface area contributed by atoms with Crippen molar-refractivity contribution in [3.63, 3.8) is 0 Å². The molecular weight excluding hydrogens is 519 g/mol. The maximum Gasteiger partial charge on any atom is 0.255 e. The van der Waals surface area contributed by atoms with E-state index in [1.165, 1.54) is 12.1 Å². The maximum absolute atomic E-state index is 14.2. The Morgan fingerprint density at radius 3 is 2.59 bits per heavy atom. The molecule has 0 aliphatic heterocycles. The number of hydrogen-bond acceptors (Lipinski definition) is 6. The van der Waals surface area contributed by atoms with Crippen LogP contribution >= 0.6 is 0 Å². The number of halogens is 1. The number of anilines is 1. The third kappa shape index (κ3) is 4.57. The van der Waals surface area contributed by atoms with Crippen LogP contribution in [0.1, 0.15) is 15.9 Å². The number of hydrogen-bond donors (Lipinski definition) is 3. The van der Waals surface area contributed by atoms with Gasteiger partial charge in [-0.1, -0.05) is 18.2 Å². The second kappa shape index (κ2) is 9.76. The first-order chi connectivity index (χ1) is 20.0. The molecule has 9 nitrogen and oxygen atoms in total. The van der Waals surface area contributed by atoms with Crippen LogP contribution in [0, 0.1) is 12.7 Å². The Morgan fingerprint density at radius 1 is 0.878 bits per heavy atom. The number of pyridine rings is 3. The fourth-order valence-corrected chi connectivity index (χ4v) is 4.83. The third-order valence-corrected chi connectivity index (χ3v) is 6.72. The Hall–Kier alpha value is -5.77. The summed E-state index contributed by atoms with van der Waals surface area (Å²) < 4.78 is 14.2. The number of benzene rings is 2. The van der Waals surface area contributed by atoms with E-state index >= 15 is 0 Å². The van der Waals surface area contributed by atoms with Crippen LogP contribution in [0.25, 0.3) is 56.0 Å². The summed E-state index contributed by atoms with van der Waals surface area (Å²) in [7, 11) is 0. The first kappa shape index (κ1) is 24.3. The molecule has 0 spiro atoms. The molecule has 0 fully saturated rings. The summed E-state index contributed by atoms with van der Waals surface area (Å²) in [6.07, 6.45) is 6.69. The number of amides is 1.